The number of aliphatic hydroxyl groups is 1. The molecule has 4 rings (SSSR count). The summed E-state index contributed by atoms with van der Waals surface area (Å²) < 4.78 is 44.9. The molecule has 1 heterocycles. The van der Waals surface area contributed by atoms with Crippen LogP contribution < -0.4 is 15.4 Å². The molecule has 0 radical (unpaired) electrons. The molecule has 0 fully saturated rings. The van der Waals surface area contributed by atoms with Crippen LogP contribution in [0.2, 0.25) is 0 Å². The molecule has 0 bridgehead atoms. The number of carboxylic acid groups (broad SMARTS) is 1. The van der Waals surface area contributed by atoms with Crippen molar-refractivity contribution in [2.45, 2.75) is 38.7 Å². The van der Waals surface area contributed by atoms with Gasteiger partial charge in [-0.05, 0) is 74.1 Å². The summed E-state index contributed by atoms with van der Waals surface area (Å²) in [7, 11) is 1.91. The third-order valence-electron chi connectivity index (χ3n) is 7.54. The molecule has 45 heavy (non-hydrogen) atoms. The first kappa shape index (κ1) is 33.3. The molecule has 0 spiro atoms. The summed E-state index contributed by atoms with van der Waals surface area (Å²) >= 11 is 0. The number of carbonyl (C=O) groups is 3. The van der Waals surface area contributed by atoms with Gasteiger partial charge in [-0.1, -0.05) is 19.1 Å². The van der Waals surface area contributed by atoms with Crippen LogP contribution in [0, 0.1) is 5.92 Å². The molecule has 3 aromatic rings. The van der Waals surface area contributed by atoms with Gasteiger partial charge in [0.25, 0.3) is 5.91 Å². The number of carboxylic acids is 1. The third kappa shape index (κ3) is 8.52. The summed E-state index contributed by atoms with van der Waals surface area (Å²) in [6, 6.07) is 13.9. The first-order valence-corrected chi connectivity index (χ1v) is 14.2. The number of anilines is 2. The van der Waals surface area contributed by atoms with Crippen molar-refractivity contribution in [3.05, 3.63) is 89.0 Å². The maximum atomic E-state index is 13.7. The molecular weight excluding hydrogens is 593 g/mol. The zero-order valence-corrected chi connectivity index (χ0v) is 25.0. The number of amides is 3. The number of nitrogens with zero attached hydrogens (tertiary/aromatic N) is 2. The van der Waals surface area contributed by atoms with Gasteiger partial charge in [-0.2, -0.15) is 13.2 Å². The number of ether oxygens (including phenoxy) is 1. The van der Waals surface area contributed by atoms with Gasteiger partial charge in [0.05, 0.1) is 29.3 Å². The van der Waals surface area contributed by atoms with Gasteiger partial charge in [-0.15, -0.1) is 0 Å². The number of benzene rings is 3. The molecule has 10 nitrogen and oxygen atoms in total. The van der Waals surface area contributed by atoms with Gasteiger partial charge >= 0.3 is 18.2 Å². The van der Waals surface area contributed by atoms with Crippen LogP contribution in [0.1, 0.15) is 45.7 Å². The summed E-state index contributed by atoms with van der Waals surface area (Å²) in [5.74, 6) is -1.24. The lowest BCUT2D eigenvalue weighted by Crippen LogP contribution is -2.49. The Balaban J connectivity index is 1.52. The zero-order valence-electron chi connectivity index (χ0n) is 25.0. The molecule has 240 valence electrons. The Labute approximate surface area is 258 Å². The van der Waals surface area contributed by atoms with Crippen LogP contribution in [0.25, 0.3) is 0 Å². The van der Waals surface area contributed by atoms with E-state index in [1.54, 1.807) is 48.2 Å². The average Bonchev–Trinajstić information content (AvgIpc) is 2.98. The van der Waals surface area contributed by atoms with Gasteiger partial charge in [0.1, 0.15) is 11.9 Å². The Hall–Kier alpha value is -4.62. The van der Waals surface area contributed by atoms with E-state index in [2.05, 4.69) is 10.6 Å². The predicted molar refractivity (Wildman–Crippen MR) is 161 cm³/mol. The lowest BCUT2D eigenvalue weighted by Gasteiger charge is -2.38. The number of likely N-dealkylation sites (N-methyl/N-ethyl adjacent to an activating group) is 1. The molecule has 0 unspecified atom stereocenters. The number of urea groups is 1. The average molecular weight is 629 g/mol. The highest BCUT2D eigenvalue weighted by Gasteiger charge is 2.34. The van der Waals surface area contributed by atoms with Crippen molar-refractivity contribution in [1.29, 1.82) is 0 Å². The summed E-state index contributed by atoms with van der Waals surface area (Å²) in [5, 5.41) is 24.1. The second-order valence-electron chi connectivity index (χ2n) is 11.2. The van der Waals surface area contributed by atoms with E-state index in [0.29, 0.717) is 18.8 Å². The molecular formula is C32H35F3N4O6. The van der Waals surface area contributed by atoms with E-state index in [4.69, 9.17) is 9.84 Å². The number of halogens is 3. The lowest BCUT2D eigenvalue weighted by atomic mass is 9.99. The molecule has 4 N–H and O–H groups in total. The van der Waals surface area contributed by atoms with Crippen molar-refractivity contribution in [3.63, 3.8) is 0 Å². The molecule has 0 aliphatic carbocycles. The van der Waals surface area contributed by atoms with Crippen LogP contribution in [0.4, 0.5) is 29.3 Å². The van der Waals surface area contributed by atoms with E-state index in [1.807, 2.05) is 18.9 Å². The van der Waals surface area contributed by atoms with E-state index in [9.17, 15) is 32.7 Å². The highest BCUT2D eigenvalue weighted by molar-refractivity contribution is 6.02. The topological polar surface area (TPSA) is 131 Å². The van der Waals surface area contributed by atoms with Gasteiger partial charge < -0.3 is 30.5 Å². The number of nitrogens with one attached hydrogen (secondary N) is 2. The van der Waals surface area contributed by atoms with Crippen molar-refractivity contribution in [2.75, 3.05) is 37.4 Å². The minimum Gasteiger partial charge on any atom is -0.488 e. The second-order valence-corrected chi connectivity index (χ2v) is 11.2. The minimum atomic E-state index is -4.50. The van der Waals surface area contributed by atoms with E-state index in [-0.39, 0.29) is 47.7 Å². The fourth-order valence-electron chi connectivity index (χ4n) is 4.99. The van der Waals surface area contributed by atoms with E-state index < -0.39 is 35.7 Å². The molecule has 0 aromatic heterocycles. The van der Waals surface area contributed by atoms with Crippen molar-refractivity contribution < 1.29 is 42.5 Å². The largest absolute Gasteiger partial charge is 0.488 e. The quantitative estimate of drug-likeness (QED) is 0.250. The van der Waals surface area contributed by atoms with Gasteiger partial charge in [0, 0.05) is 36.9 Å². The summed E-state index contributed by atoms with van der Waals surface area (Å²) in [6.07, 6.45) is -4.88. The number of alkyl halides is 3. The van der Waals surface area contributed by atoms with Crippen LogP contribution in [0.5, 0.6) is 5.75 Å². The van der Waals surface area contributed by atoms with Gasteiger partial charge in [0.15, 0.2) is 0 Å². The lowest BCUT2D eigenvalue weighted by molar-refractivity contribution is -0.137. The molecule has 1 aliphatic rings. The molecule has 0 saturated heterocycles. The maximum absolute atomic E-state index is 13.7. The minimum absolute atomic E-state index is 0.139. The SMILES string of the molecule is C[C@H]1CN([C@@H](C)CO)C(=O)c2cc(NC(=O)Nc3ccc(C(F)(F)F)cc3)ccc2O[C@@H]1CN(C)Cc1ccc(C(=O)O)cc1. The number of fused-ring (bicyclic) bond motifs is 1. The number of aromatic carboxylic acids is 1. The fraction of sp³-hybridized carbons (Fsp3) is 0.344. The molecule has 0 saturated carbocycles. The van der Waals surface area contributed by atoms with Crippen LogP contribution in [-0.4, -0.2) is 76.8 Å². The Morgan fingerprint density at radius 1 is 1.04 bits per heavy atom. The molecule has 1 aliphatic heterocycles. The highest BCUT2D eigenvalue weighted by atomic mass is 19.4. The van der Waals surface area contributed by atoms with Crippen LogP contribution in [-0.2, 0) is 12.7 Å². The van der Waals surface area contributed by atoms with Crippen molar-refractivity contribution in [2.24, 2.45) is 5.92 Å². The number of hydrogen-bond acceptors (Lipinski definition) is 6. The first-order chi connectivity index (χ1) is 21.2. The maximum Gasteiger partial charge on any atom is 0.416 e. The Bertz CT molecular complexity index is 1510. The second kappa shape index (κ2) is 14.0. The Morgan fingerprint density at radius 3 is 2.27 bits per heavy atom. The number of aliphatic hydroxyl groups excluding tert-OH is 1. The first-order valence-electron chi connectivity index (χ1n) is 14.2. The standard InChI is InChI=1S/C32H35F3N4O6/c1-19-15-39(20(2)18-40)29(41)26-14-25(37-31(44)36-24-10-8-23(9-11-24)32(33,34)35)12-13-27(26)45-28(19)17-38(3)16-21-4-6-22(7-5-21)30(42)43/h4-14,19-20,28,40H,15-18H2,1-3H3,(H,42,43)(H2,36,37,44)/t19-,20-,28+/m0/s1. The molecule has 3 atom stereocenters. The van der Waals surface area contributed by atoms with Crippen molar-refractivity contribution in [1.82, 2.24) is 9.80 Å². The zero-order chi connectivity index (χ0) is 32.9. The summed E-state index contributed by atoms with van der Waals surface area (Å²) in [4.78, 5) is 41.1. The van der Waals surface area contributed by atoms with Crippen molar-refractivity contribution in [3.8, 4) is 5.75 Å². The van der Waals surface area contributed by atoms with Crippen LogP contribution >= 0.6 is 0 Å². The van der Waals surface area contributed by atoms with Gasteiger partial charge in [-0.3, -0.25) is 9.69 Å². The fourth-order valence-corrected chi connectivity index (χ4v) is 4.99. The smallest absolute Gasteiger partial charge is 0.416 e. The van der Waals surface area contributed by atoms with Gasteiger partial charge in [0.2, 0.25) is 0 Å². The molecule has 3 aromatic carbocycles. The van der Waals surface area contributed by atoms with Crippen LogP contribution in [0.15, 0.2) is 66.7 Å². The summed E-state index contributed by atoms with van der Waals surface area (Å²) in [6.45, 7) is 4.69. The van der Waals surface area contributed by atoms with Crippen molar-refractivity contribution >= 4 is 29.3 Å². The van der Waals surface area contributed by atoms with E-state index >= 15 is 0 Å². The molecule has 3 amide bonds. The highest BCUT2D eigenvalue weighted by Crippen LogP contribution is 2.32. The number of rotatable bonds is 9. The van der Waals surface area contributed by atoms with Gasteiger partial charge in [-0.25, -0.2) is 9.59 Å². The summed E-state index contributed by atoms with van der Waals surface area (Å²) in [5.41, 5.74) is 0.836. The van der Waals surface area contributed by atoms with E-state index in [1.165, 1.54) is 6.07 Å². The van der Waals surface area contributed by atoms with E-state index in [0.717, 1.165) is 29.8 Å². The van der Waals surface area contributed by atoms with Crippen LogP contribution in [0.3, 0.4) is 0 Å². The Kier molecular flexibility index (Phi) is 10.3. The Morgan fingerprint density at radius 2 is 1.67 bits per heavy atom. The normalized spacial score (nSPS) is 17.5. The third-order valence-corrected chi connectivity index (χ3v) is 7.54. The number of hydrogen-bond donors (Lipinski definition) is 4. The predicted octanol–water partition coefficient (Wildman–Crippen LogP) is 5.40. The number of carbonyl (C=O) groups excluding carboxylic acids is 2. The monoisotopic (exact) mass is 628 g/mol. The molecule has 13 heteroatoms.